The summed E-state index contributed by atoms with van der Waals surface area (Å²) in [4.78, 5) is 2.34. The first-order valence-corrected chi connectivity index (χ1v) is 12.2. The van der Waals surface area contributed by atoms with Gasteiger partial charge < -0.3 is 4.90 Å². The van der Waals surface area contributed by atoms with Crippen LogP contribution in [0.1, 0.15) is 50.7 Å². The molecule has 3 aliphatic carbocycles. The quantitative estimate of drug-likeness (QED) is 0.313. The summed E-state index contributed by atoms with van der Waals surface area (Å²) in [6.45, 7) is 4.96. The second kappa shape index (κ2) is 7.63. The van der Waals surface area contributed by atoms with Crippen LogP contribution in [-0.2, 0) is 10.8 Å². The van der Waals surface area contributed by atoms with E-state index in [1.807, 2.05) is 0 Å². The van der Waals surface area contributed by atoms with Gasteiger partial charge in [-0.3, -0.25) is 0 Å². The largest absolute Gasteiger partial charge is 0.310 e. The van der Waals surface area contributed by atoms with Gasteiger partial charge >= 0.3 is 0 Å². The summed E-state index contributed by atoms with van der Waals surface area (Å²) in [5.41, 5.74) is 10.0. The van der Waals surface area contributed by atoms with E-state index in [2.05, 4.69) is 122 Å². The number of benzene rings is 4. The maximum absolute atomic E-state index is 2.50. The summed E-state index contributed by atoms with van der Waals surface area (Å²) in [7, 11) is 0. The van der Waals surface area contributed by atoms with Crippen LogP contribution in [0.15, 0.2) is 103 Å². The van der Waals surface area contributed by atoms with Crippen molar-refractivity contribution < 1.29 is 0 Å². The molecule has 0 radical (unpaired) electrons. The first-order valence-electron chi connectivity index (χ1n) is 12.2. The number of fused-ring (bicyclic) bond motifs is 2. The van der Waals surface area contributed by atoms with Crippen LogP contribution in [0, 0.1) is 0 Å². The lowest BCUT2D eigenvalue weighted by Crippen LogP contribution is -2.44. The molecule has 0 heterocycles. The Kier molecular flexibility index (Phi) is 4.69. The summed E-state index contributed by atoms with van der Waals surface area (Å²) >= 11 is 0. The van der Waals surface area contributed by atoms with E-state index in [0.717, 1.165) is 0 Å². The van der Waals surface area contributed by atoms with Crippen LogP contribution < -0.4 is 4.90 Å². The number of hydrogen-bond donors (Lipinski definition) is 0. The van der Waals surface area contributed by atoms with Crippen LogP contribution in [0.5, 0.6) is 0 Å². The molecular formula is C32H31N. The van der Waals surface area contributed by atoms with Crippen LogP contribution in [-0.4, -0.2) is 0 Å². The Morgan fingerprint density at radius 1 is 0.485 bits per heavy atom. The molecule has 4 aromatic rings. The van der Waals surface area contributed by atoms with Crippen molar-refractivity contribution >= 4 is 17.1 Å². The van der Waals surface area contributed by atoms with Gasteiger partial charge in [0.05, 0.1) is 0 Å². The molecule has 0 aliphatic heterocycles. The maximum Gasteiger partial charge on any atom is 0.0467 e. The second-order valence-electron chi connectivity index (χ2n) is 10.4. The number of anilines is 3. The predicted octanol–water partition coefficient (Wildman–Crippen LogP) is 8.93. The average molecular weight is 430 g/mol. The van der Waals surface area contributed by atoms with E-state index in [-0.39, 0.29) is 0 Å². The summed E-state index contributed by atoms with van der Waals surface area (Å²) in [6.07, 6.45) is 5.29. The van der Waals surface area contributed by atoms with E-state index in [4.69, 9.17) is 0 Å². The number of hydrogen-bond acceptors (Lipinski definition) is 1. The van der Waals surface area contributed by atoms with Crippen molar-refractivity contribution in [2.75, 3.05) is 4.90 Å². The van der Waals surface area contributed by atoms with Gasteiger partial charge in [-0.05, 0) is 95.2 Å². The Hall–Kier alpha value is -3.32. The third kappa shape index (κ3) is 3.38. The molecule has 164 valence electrons. The van der Waals surface area contributed by atoms with Crippen molar-refractivity contribution in [1.82, 2.24) is 0 Å². The highest BCUT2D eigenvalue weighted by atomic mass is 15.1. The fraction of sp³-hybridized carbons (Fsp3) is 0.250. The van der Waals surface area contributed by atoms with Gasteiger partial charge in [0.1, 0.15) is 0 Å². The van der Waals surface area contributed by atoms with Crippen molar-refractivity contribution in [2.45, 2.75) is 50.4 Å². The van der Waals surface area contributed by atoms with Gasteiger partial charge in [-0.15, -0.1) is 0 Å². The molecule has 0 unspecified atom stereocenters. The predicted molar refractivity (Wildman–Crippen MR) is 140 cm³/mol. The van der Waals surface area contributed by atoms with Gasteiger partial charge in [0.15, 0.2) is 0 Å². The van der Waals surface area contributed by atoms with Crippen molar-refractivity contribution in [1.29, 1.82) is 0 Å². The first-order chi connectivity index (χ1) is 16.1. The number of nitrogens with zero attached hydrogens (tertiary/aromatic N) is 1. The molecule has 1 nitrogen and oxygen atoms in total. The Morgan fingerprint density at radius 3 is 1.61 bits per heavy atom. The van der Waals surface area contributed by atoms with Crippen molar-refractivity contribution in [3.63, 3.8) is 0 Å². The van der Waals surface area contributed by atoms with Gasteiger partial charge in [0.2, 0.25) is 0 Å². The van der Waals surface area contributed by atoms with Gasteiger partial charge in [-0.2, -0.15) is 0 Å². The van der Waals surface area contributed by atoms with Crippen LogP contribution >= 0.6 is 0 Å². The maximum atomic E-state index is 2.50. The molecule has 3 aliphatic rings. The highest BCUT2D eigenvalue weighted by molar-refractivity contribution is 5.80. The van der Waals surface area contributed by atoms with Crippen LogP contribution in [0.2, 0.25) is 0 Å². The molecule has 0 amide bonds. The van der Waals surface area contributed by atoms with Crippen molar-refractivity contribution in [2.24, 2.45) is 0 Å². The van der Waals surface area contributed by atoms with Crippen LogP contribution in [0.3, 0.4) is 0 Å². The van der Waals surface area contributed by atoms with E-state index in [1.54, 1.807) is 11.1 Å². The third-order valence-electron chi connectivity index (χ3n) is 8.24. The SMILES string of the molecule is CC12CCC(C)(CC1)c1cc(-c3cccc(N(c4ccccc4)c4ccccc4)c3)ccc12. The van der Waals surface area contributed by atoms with E-state index in [9.17, 15) is 0 Å². The Bertz CT molecular complexity index is 1240. The molecule has 0 aromatic heterocycles. The zero-order valence-electron chi connectivity index (χ0n) is 19.6. The fourth-order valence-electron chi connectivity index (χ4n) is 6.07. The summed E-state index contributed by atoms with van der Waals surface area (Å²) in [6, 6.07) is 37.6. The minimum absolute atomic E-state index is 0.334. The minimum atomic E-state index is 0.334. The molecule has 0 saturated heterocycles. The molecule has 1 fully saturated rings. The first kappa shape index (κ1) is 20.3. The Morgan fingerprint density at radius 2 is 1.00 bits per heavy atom. The fourth-order valence-corrected chi connectivity index (χ4v) is 6.07. The standard InChI is InChI=1S/C32H31N/c1-31-18-20-32(2,21-19-31)30-23-25(16-17-29(30)31)24-10-9-15-28(22-24)33(26-11-5-3-6-12-26)27-13-7-4-8-14-27/h3-17,22-23H,18-21H2,1-2H3. The smallest absolute Gasteiger partial charge is 0.0467 e. The molecule has 0 spiro atoms. The topological polar surface area (TPSA) is 3.24 Å². The molecule has 0 atom stereocenters. The Labute approximate surface area is 197 Å². The summed E-state index contributed by atoms with van der Waals surface area (Å²) in [5, 5.41) is 0. The lowest BCUT2D eigenvalue weighted by molar-refractivity contribution is 0.188. The summed E-state index contributed by atoms with van der Waals surface area (Å²) in [5.74, 6) is 0. The zero-order chi connectivity index (χ0) is 22.5. The van der Waals surface area contributed by atoms with Crippen molar-refractivity contribution in [3.8, 4) is 11.1 Å². The molecule has 1 saturated carbocycles. The number of para-hydroxylation sites is 2. The molecule has 2 bridgehead atoms. The second-order valence-corrected chi connectivity index (χ2v) is 10.4. The van der Waals surface area contributed by atoms with E-state index in [0.29, 0.717) is 10.8 Å². The van der Waals surface area contributed by atoms with Gasteiger partial charge in [-0.1, -0.05) is 80.6 Å². The highest BCUT2D eigenvalue weighted by Crippen LogP contribution is 2.56. The van der Waals surface area contributed by atoms with Crippen molar-refractivity contribution in [3.05, 3.63) is 114 Å². The van der Waals surface area contributed by atoms with Gasteiger partial charge in [-0.25, -0.2) is 0 Å². The molecular weight excluding hydrogens is 398 g/mol. The van der Waals surface area contributed by atoms with Gasteiger partial charge in [0.25, 0.3) is 0 Å². The lowest BCUT2D eigenvalue weighted by atomic mass is 9.52. The molecule has 7 rings (SSSR count). The molecule has 1 heteroatoms. The monoisotopic (exact) mass is 429 g/mol. The molecule has 4 aromatic carbocycles. The van der Waals surface area contributed by atoms with E-state index in [1.165, 1.54) is 53.9 Å². The van der Waals surface area contributed by atoms with E-state index < -0.39 is 0 Å². The zero-order valence-corrected chi connectivity index (χ0v) is 19.6. The van der Waals surface area contributed by atoms with E-state index >= 15 is 0 Å². The molecule has 33 heavy (non-hydrogen) atoms. The van der Waals surface area contributed by atoms with Crippen LogP contribution in [0.25, 0.3) is 11.1 Å². The highest BCUT2D eigenvalue weighted by Gasteiger charge is 2.47. The normalized spacial score (nSPS) is 23.2. The Balaban J connectivity index is 1.45. The summed E-state index contributed by atoms with van der Waals surface area (Å²) < 4.78 is 0. The minimum Gasteiger partial charge on any atom is -0.310 e. The average Bonchev–Trinajstić information content (AvgIpc) is 2.87. The van der Waals surface area contributed by atoms with Gasteiger partial charge in [0, 0.05) is 17.1 Å². The lowest BCUT2D eigenvalue weighted by Gasteiger charge is -2.52. The number of rotatable bonds is 4. The van der Waals surface area contributed by atoms with Crippen LogP contribution in [0.4, 0.5) is 17.1 Å². The third-order valence-corrected chi connectivity index (χ3v) is 8.24. The molecule has 0 N–H and O–H groups in total.